The molecule has 1 N–H and O–H groups in total. The second-order valence-electron chi connectivity index (χ2n) is 5.18. The van der Waals surface area contributed by atoms with Gasteiger partial charge in [-0.2, -0.15) is 0 Å². The van der Waals surface area contributed by atoms with Gasteiger partial charge in [0, 0.05) is 36.5 Å². The fourth-order valence-corrected chi connectivity index (χ4v) is 3.24. The topological polar surface area (TPSA) is 88.5 Å². The van der Waals surface area contributed by atoms with Crippen molar-refractivity contribution in [1.29, 1.82) is 0 Å². The van der Waals surface area contributed by atoms with Crippen molar-refractivity contribution in [1.82, 2.24) is 8.87 Å². The average Bonchev–Trinajstić information content (AvgIpc) is 2.49. The number of hydrogen-bond donors (Lipinski definition) is 1. The summed E-state index contributed by atoms with van der Waals surface area (Å²) in [6.45, 7) is -0.290. The van der Waals surface area contributed by atoms with E-state index >= 15 is 0 Å². The van der Waals surface area contributed by atoms with Gasteiger partial charge in [-0.15, -0.1) is 0 Å². The van der Waals surface area contributed by atoms with Crippen molar-refractivity contribution in [2.24, 2.45) is 0 Å². The molecule has 0 saturated carbocycles. The molecule has 0 aliphatic carbocycles. The van der Waals surface area contributed by atoms with Gasteiger partial charge in [-0.25, -0.2) is 12.7 Å². The molecule has 7 nitrogen and oxygen atoms in total. The largest absolute Gasteiger partial charge is 0.324 e. The monoisotopic (exact) mass is 413 g/mol. The van der Waals surface area contributed by atoms with Crippen LogP contribution < -0.4 is 10.9 Å². The number of rotatable bonds is 5. The van der Waals surface area contributed by atoms with Crippen molar-refractivity contribution in [3.05, 3.63) is 57.4 Å². The van der Waals surface area contributed by atoms with Crippen LogP contribution in [0, 0.1) is 0 Å². The number of pyridine rings is 1. The molecule has 9 heteroatoms. The van der Waals surface area contributed by atoms with E-state index in [0.29, 0.717) is 5.69 Å². The maximum atomic E-state index is 12.1. The first-order valence-electron chi connectivity index (χ1n) is 6.88. The van der Waals surface area contributed by atoms with Crippen molar-refractivity contribution in [2.75, 3.05) is 19.4 Å². The Bertz CT molecular complexity index is 922. The van der Waals surface area contributed by atoms with Gasteiger partial charge in [-0.05, 0) is 24.3 Å². The zero-order valence-corrected chi connectivity index (χ0v) is 15.5. The third kappa shape index (κ3) is 4.31. The van der Waals surface area contributed by atoms with Gasteiger partial charge in [0.1, 0.15) is 6.54 Å². The highest BCUT2D eigenvalue weighted by Gasteiger charge is 2.18. The molecule has 1 heterocycles. The summed E-state index contributed by atoms with van der Waals surface area (Å²) in [7, 11) is -0.894. The van der Waals surface area contributed by atoms with Crippen LogP contribution in [0.4, 0.5) is 5.69 Å². The first kappa shape index (κ1) is 18.4. The van der Waals surface area contributed by atoms with Gasteiger partial charge in [-0.1, -0.05) is 22.0 Å². The lowest BCUT2D eigenvalue weighted by Crippen LogP contribution is -2.29. The van der Waals surface area contributed by atoms with E-state index in [9.17, 15) is 18.0 Å². The van der Waals surface area contributed by atoms with Crippen LogP contribution in [-0.2, 0) is 21.4 Å². The quantitative estimate of drug-likeness (QED) is 0.803. The molecule has 0 bridgehead atoms. The Balaban J connectivity index is 2.23. The Hall–Kier alpha value is -1.97. The molecule has 1 amide bonds. The zero-order valence-electron chi connectivity index (χ0n) is 13.1. The molecule has 0 unspecified atom stereocenters. The van der Waals surface area contributed by atoms with Crippen molar-refractivity contribution >= 4 is 37.5 Å². The van der Waals surface area contributed by atoms with Crippen LogP contribution in [0.3, 0.4) is 0 Å². The molecular formula is C15H16BrN3O4S. The van der Waals surface area contributed by atoms with Crippen molar-refractivity contribution in [3.63, 3.8) is 0 Å². The minimum Gasteiger partial charge on any atom is -0.324 e. The first-order valence-corrected chi connectivity index (χ1v) is 9.12. The molecule has 0 saturated heterocycles. The summed E-state index contributed by atoms with van der Waals surface area (Å²) in [5.41, 5.74) is 0.108. The number of nitrogens with one attached hydrogen (secondary N) is 1. The summed E-state index contributed by atoms with van der Waals surface area (Å²) in [6, 6.07) is 9.35. The Morgan fingerprint density at radius 2 is 1.96 bits per heavy atom. The third-order valence-corrected chi connectivity index (χ3v) is 5.45. The molecule has 1 aromatic carbocycles. The smallest absolute Gasteiger partial charge is 0.251 e. The minimum absolute atomic E-state index is 0.0534. The van der Waals surface area contributed by atoms with E-state index in [1.807, 2.05) is 6.07 Å². The van der Waals surface area contributed by atoms with E-state index in [1.165, 1.54) is 20.2 Å². The summed E-state index contributed by atoms with van der Waals surface area (Å²) < 4.78 is 27.1. The molecule has 0 aliphatic rings. The molecule has 24 heavy (non-hydrogen) atoms. The highest BCUT2D eigenvalue weighted by Crippen LogP contribution is 2.15. The first-order chi connectivity index (χ1) is 11.2. The Labute approximate surface area is 148 Å². The van der Waals surface area contributed by atoms with E-state index in [-0.39, 0.29) is 11.4 Å². The van der Waals surface area contributed by atoms with Crippen LogP contribution in [0.1, 0.15) is 0 Å². The molecule has 0 atom stereocenters. The number of sulfonamides is 1. The molecule has 0 fully saturated rings. The van der Waals surface area contributed by atoms with E-state index in [2.05, 4.69) is 21.2 Å². The number of halogens is 1. The van der Waals surface area contributed by atoms with Gasteiger partial charge < -0.3 is 9.88 Å². The molecule has 0 aliphatic heterocycles. The third-order valence-electron chi connectivity index (χ3n) is 3.16. The van der Waals surface area contributed by atoms with Gasteiger partial charge >= 0.3 is 0 Å². The fourth-order valence-electron chi connectivity index (χ4n) is 1.92. The Morgan fingerprint density at radius 1 is 1.25 bits per heavy atom. The number of aromatic nitrogens is 1. The van der Waals surface area contributed by atoms with Gasteiger partial charge in [0.2, 0.25) is 15.9 Å². The standard InChI is InChI=1S/C15H16BrN3O4S/c1-18(2)24(22,23)13-6-7-15(21)19(9-13)10-14(20)17-12-5-3-4-11(16)8-12/h3-9H,10H2,1-2H3,(H,17,20). The predicted octanol–water partition coefficient (Wildman–Crippen LogP) is 1.50. The van der Waals surface area contributed by atoms with Gasteiger partial charge in [0.25, 0.3) is 5.56 Å². The molecule has 0 radical (unpaired) electrons. The summed E-state index contributed by atoms with van der Waals surface area (Å²) in [5, 5.41) is 2.65. The van der Waals surface area contributed by atoms with Gasteiger partial charge in [-0.3, -0.25) is 9.59 Å². The van der Waals surface area contributed by atoms with Crippen LogP contribution in [-0.4, -0.2) is 37.3 Å². The molecule has 1 aromatic heterocycles. The van der Waals surface area contributed by atoms with Gasteiger partial charge in [0.15, 0.2) is 0 Å². The highest BCUT2D eigenvalue weighted by atomic mass is 79.9. The fraction of sp³-hybridized carbons (Fsp3) is 0.200. The van der Waals surface area contributed by atoms with Crippen molar-refractivity contribution in [2.45, 2.75) is 11.4 Å². The lowest BCUT2D eigenvalue weighted by molar-refractivity contribution is -0.116. The summed E-state index contributed by atoms with van der Waals surface area (Å²) in [5.74, 6) is -0.436. The number of hydrogen-bond acceptors (Lipinski definition) is 4. The lowest BCUT2D eigenvalue weighted by atomic mass is 10.3. The lowest BCUT2D eigenvalue weighted by Gasteiger charge is -2.13. The molecular weight excluding hydrogens is 398 g/mol. The SMILES string of the molecule is CN(C)S(=O)(=O)c1ccc(=O)n(CC(=O)Nc2cccc(Br)c2)c1. The Kier molecular flexibility index (Phi) is 5.58. The minimum atomic E-state index is -3.68. The average molecular weight is 414 g/mol. The maximum Gasteiger partial charge on any atom is 0.251 e. The normalized spacial score (nSPS) is 11.5. The number of carbonyl (C=O) groups is 1. The molecule has 0 spiro atoms. The number of benzene rings is 1. The summed E-state index contributed by atoms with van der Waals surface area (Å²) in [4.78, 5) is 23.9. The molecule has 2 aromatic rings. The van der Waals surface area contributed by atoms with Gasteiger partial charge in [0.05, 0.1) is 4.90 Å². The van der Waals surface area contributed by atoms with E-state index in [0.717, 1.165) is 25.6 Å². The predicted molar refractivity (Wildman–Crippen MR) is 94.3 cm³/mol. The van der Waals surface area contributed by atoms with Crippen molar-refractivity contribution in [3.8, 4) is 0 Å². The van der Waals surface area contributed by atoms with Crippen molar-refractivity contribution < 1.29 is 13.2 Å². The van der Waals surface area contributed by atoms with E-state index in [4.69, 9.17) is 0 Å². The Morgan fingerprint density at radius 3 is 2.58 bits per heavy atom. The number of nitrogens with zero attached hydrogens (tertiary/aromatic N) is 2. The number of amides is 1. The van der Waals surface area contributed by atoms with E-state index < -0.39 is 21.5 Å². The van der Waals surface area contributed by atoms with Crippen LogP contribution in [0.2, 0.25) is 0 Å². The second-order valence-corrected chi connectivity index (χ2v) is 8.24. The van der Waals surface area contributed by atoms with Crippen LogP contribution in [0.5, 0.6) is 0 Å². The zero-order chi connectivity index (χ0) is 17.9. The maximum absolute atomic E-state index is 12.1. The molecule has 2 rings (SSSR count). The van der Waals surface area contributed by atoms with E-state index in [1.54, 1.807) is 18.2 Å². The van der Waals surface area contributed by atoms with Crippen LogP contribution >= 0.6 is 15.9 Å². The van der Waals surface area contributed by atoms with Crippen LogP contribution in [0.25, 0.3) is 0 Å². The number of anilines is 1. The summed E-state index contributed by atoms with van der Waals surface area (Å²) >= 11 is 3.30. The highest BCUT2D eigenvalue weighted by molar-refractivity contribution is 9.10. The summed E-state index contributed by atoms with van der Waals surface area (Å²) in [6.07, 6.45) is 1.16. The molecule has 128 valence electrons. The van der Waals surface area contributed by atoms with Crippen LogP contribution in [0.15, 0.2) is 56.8 Å². The second kappa shape index (κ2) is 7.29. The number of carbonyl (C=O) groups excluding carboxylic acids is 1.